The van der Waals surface area contributed by atoms with E-state index < -0.39 is 0 Å². The van der Waals surface area contributed by atoms with Crippen molar-refractivity contribution in [2.75, 3.05) is 0 Å². The maximum atomic E-state index is 13.7. The number of hydrogen-bond donors (Lipinski definition) is 0. The highest BCUT2D eigenvalue weighted by atomic mass is 32.1. The van der Waals surface area contributed by atoms with Crippen molar-refractivity contribution < 1.29 is 4.39 Å². The Bertz CT molecular complexity index is 704. The Morgan fingerprint density at radius 1 is 1.26 bits per heavy atom. The number of aryl methyl sites for hydroxylation is 1. The first kappa shape index (κ1) is 12.2. The lowest BCUT2D eigenvalue weighted by atomic mass is 10.2. The summed E-state index contributed by atoms with van der Waals surface area (Å²) in [7, 11) is 0. The molecule has 3 rings (SSSR count). The molecule has 19 heavy (non-hydrogen) atoms. The predicted molar refractivity (Wildman–Crippen MR) is 72.7 cm³/mol. The zero-order valence-electron chi connectivity index (χ0n) is 10.5. The van der Waals surface area contributed by atoms with Crippen molar-refractivity contribution in [3.05, 3.63) is 35.9 Å². The number of hydrogen-bond acceptors (Lipinski definition) is 4. The largest absolute Gasteiger partial charge is 0.234 e. The lowest BCUT2D eigenvalue weighted by Crippen LogP contribution is -1.96. The number of benzene rings is 1. The van der Waals surface area contributed by atoms with Gasteiger partial charge in [0, 0.05) is 12.0 Å². The first-order chi connectivity index (χ1) is 9.29. The van der Waals surface area contributed by atoms with Crippen LogP contribution >= 0.6 is 11.3 Å². The lowest BCUT2D eigenvalue weighted by molar-refractivity contribution is 0.630. The molecule has 0 atom stereocenters. The molecule has 0 saturated carbocycles. The zero-order valence-corrected chi connectivity index (χ0v) is 11.3. The normalized spacial score (nSPS) is 11.3. The van der Waals surface area contributed by atoms with E-state index >= 15 is 0 Å². The van der Waals surface area contributed by atoms with Gasteiger partial charge in [-0.1, -0.05) is 36.8 Å². The van der Waals surface area contributed by atoms with Gasteiger partial charge in [0.1, 0.15) is 5.82 Å². The van der Waals surface area contributed by atoms with Crippen molar-refractivity contribution in [1.82, 2.24) is 19.8 Å². The number of fused-ring (bicyclic) bond motifs is 1. The molecule has 1 aromatic carbocycles. The van der Waals surface area contributed by atoms with Gasteiger partial charge in [-0.15, -0.1) is 10.2 Å². The fourth-order valence-electron chi connectivity index (χ4n) is 1.89. The molecule has 2 aromatic heterocycles. The minimum atomic E-state index is -0.262. The zero-order chi connectivity index (χ0) is 13.2. The highest BCUT2D eigenvalue weighted by molar-refractivity contribution is 7.19. The molecular weight excluding hydrogens is 263 g/mol. The van der Waals surface area contributed by atoms with Gasteiger partial charge in [-0.05, 0) is 18.6 Å². The second-order valence-corrected chi connectivity index (χ2v) is 5.26. The third-order valence-corrected chi connectivity index (χ3v) is 3.85. The average molecular weight is 276 g/mol. The molecule has 2 heterocycles. The molecule has 98 valence electrons. The van der Waals surface area contributed by atoms with Crippen molar-refractivity contribution in [3.8, 4) is 10.6 Å². The molecule has 0 amide bonds. The molecule has 0 radical (unpaired) electrons. The van der Waals surface area contributed by atoms with Crippen LogP contribution in [0.2, 0.25) is 0 Å². The average Bonchev–Trinajstić information content (AvgIpc) is 2.97. The van der Waals surface area contributed by atoms with Crippen LogP contribution in [0.5, 0.6) is 0 Å². The molecule has 0 unspecified atom stereocenters. The minimum absolute atomic E-state index is 0.262. The Labute approximate surface area is 113 Å². The van der Waals surface area contributed by atoms with E-state index in [1.807, 2.05) is 0 Å². The molecule has 0 bridgehead atoms. The predicted octanol–water partition coefficient (Wildman–Crippen LogP) is 3.33. The quantitative estimate of drug-likeness (QED) is 0.734. The summed E-state index contributed by atoms with van der Waals surface area (Å²) >= 11 is 1.36. The summed E-state index contributed by atoms with van der Waals surface area (Å²) in [4.78, 5) is 0.712. The molecule has 0 saturated heterocycles. The minimum Gasteiger partial charge on any atom is -0.206 e. The molecule has 4 nitrogen and oxygen atoms in total. The van der Waals surface area contributed by atoms with Crippen LogP contribution < -0.4 is 0 Å². The summed E-state index contributed by atoms with van der Waals surface area (Å²) in [6.07, 6.45) is 2.99. The Morgan fingerprint density at radius 2 is 2.11 bits per heavy atom. The highest BCUT2D eigenvalue weighted by Crippen LogP contribution is 2.27. The van der Waals surface area contributed by atoms with Gasteiger partial charge >= 0.3 is 0 Å². The van der Waals surface area contributed by atoms with Crippen molar-refractivity contribution in [1.29, 1.82) is 0 Å². The summed E-state index contributed by atoms with van der Waals surface area (Å²) in [6.45, 7) is 2.13. The summed E-state index contributed by atoms with van der Waals surface area (Å²) in [5, 5.41) is 13.3. The van der Waals surface area contributed by atoms with E-state index in [0.717, 1.165) is 25.1 Å². The van der Waals surface area contributed by atoms with E-state index in [1.165, 1.54) is 17.4 Å². The second-order valence-electron chi connectivity index (χ2n) is 4.30. The van der Waals surface area contributed by atoms with E-state index in [4.69, 9.17) is 0 Å². The topological polar surface area (TPSA) is 43.1 Å². The van der Waals surface area contributed by atoms with E-state index in [9.17, 15) is 4.39 Å². The molecule has 0 aliphatic heterocycles. The molecule has 0 N–H and O–H groups in total. The van der Waals surface area contributed by atoms with Crippen molar-refractivity contribution in [2.24, 2.45) is 0 Å². The number of unbranched alkanes of at least 4 members (excludes halogenated alkanes) is 1. The second kappa shape index (κ2) is 5.05. The standard InChI is InChI=1S/C13H13FN4S/c1-2-3-8-11-15-16-13-18(11)17-12(19-13)9-6-4-5-7-10(9)14/h4-7H,2-3,8H2,1H3. The monoisotopic (exact) mass is 276 g/mol. The van der Waals surface area contributed by atoms with Crippen molar-refractivity contribution >= 4 is 16.3 Å². The maximum Gasteiger partial charge on any atom is 0.234 e. The summed E-state index contributed by atoms with van der Waals surface area (Å²) in [5.74, 6) is 0.582. The SMILES string of the molecule is CCCCc1nnc2sc(-c3ccccc3F)nn12. The summed E-state index contributed by atoms with van der Waals surface area (Å²) in [6, 6.07) is 6.65. The van der Waals surface area contributed by atoms with Gasteiger partial charge in [-0.2, -0.15) is 9.61 Å². The summed E-state index contributed by atoms with van der Waals surface area (Å²) in [5.41, 5.74) is 0.513. The Hall–Kier alpha value is -1.82. The fourth-order valence-corrected chi connectivity index (χ4v) is 2.78. The molecule has 0 spiro atoms. The van der Waals surface area contributed by atoms with Gasteiger partial charge in [0.05, 0.1) is 0 Å². The first-order valence-corrected chi connectivity index (χ1v) is 7.07. The molecule has 0 aliphatic rings. The third-order valence-electron chi connectivity index (χ3n) is 2.91. The summed E-state index contributed by atoms with van der Waals surface area (Å²) < 4.78 is 15.5. The van der Waals surface area contributed by atoms with Gasteiger partial charge in [0.2, 0.25) is 4.96 Å². The van der Waals surface area contributed by atoms with Crippen LogP contribution in [0.25, 0.3) is 15.5 Å². The molecule has 3 aromatic rings. The first-order valence-electron chi connectivity index (χ1n) is 6.25. The van der Waals surface area contributed by atoms with Crippen LogP contribution in [0.3, 0.4) is 0 Å². The van der Waals surface area contributed by atoms with Crippen molar-refractivity contribution in [3.63, 3.8) is 0 Å². The molecule has 0 aliphatic carbocycles. The van der Waals surface area contributed by atoms with Gasteiger partial charge < -0.3 is 0 Å². The van der Waals surface area contributed by atoms with Gasteiger partial charge in [-0.3, -0.25) is 0 Å². The molecule has 6 heteroatoms. The van der Waals surface area contributed by atoms with E-state index in [1.54, 1.807) is 22.7 Å². The number of nitrogens with zero attached hydrogens (tertiary/aromatic N) is 4. The number of rotatable bonds is 4. The van der Waals surface area contributed by atoms with Crippen molar-refractivity contribution in [2.45, 2.75) is 26.2 Å². The van der Waals surface area contributed by atoms with Crippen LogP contribution in [0.1, 0.15) is 25.6 Å². The Kier molecular flexibility index (Phi) is 3.25. The fraction of sp³-hybridized carbons (Fsp3) is 0.308. The van der Waals surface area contributed by atoms with Crippen LogP contribution in [0, 0.1) is 5.82 Å². The van der Waals surface area contributed by atoms with E-state index in [2.05, 4.69) is 22.2 Å². The van der Waals surface area contributed by atoms with Crippen LogP contribution in [0.15, 0.2) is 24.3 Å². The van der Waals surface area contributed by atoms with E-state index in [-0.39, 0.29) is 5.82 Å². The lowest BCUT2D eigenvalue weighted by Gasteiger charge is -1.97. The van der Waals surface area contributed by atoms with Gasteiger partial charge in [-0.25, -0.2) is 4.39 Å². The van der Waals surface area contributed by atoms with Crippen LogP contribution in [-0.4, -0.2) is 19.8 Å². The smallest absolute Gasteiger partial charge is 0.206 e. The Balaban J connectivity index is 2.03. The van der Waals surface area contributed by atoms with Gasteiger partial charge in [0.15, 0.2) is 10.8 Å². The van der Waals surface area contributed by atoms with Crippen LogP contribution in [0.4, 0.5) is 4.39 Å². The number of aromatic nitrogens is 4. The molecule has 0 fully saturated rings. The van der Waals surface area contributed by atoms with Gasteiger partial charge in [0.25, 0.3) is 0 Å². The Morgan fingerprint density at radius 3 is 2.89 bits per heavy atom. The van der Waals surface area contributed by atoms with Crippen LogP contribution in [-0.2, 0) is 6.42 Å². The maximum absolute atomic E-state index is 13.7. The highest BCUT2D eigenvalue weighted by Gasteiger charge is 2.14. The van der Waals surface area contributed by atoms with E-state index in [0.29, 0.717) is 15.5 Å². The third kappa shape index (κ3) is 2.23. The number of halogens is 1. The molecular formula is C13H13FN4S.